The smallest absolute Gasteiger partial charge is 0.282 e. The Morgan fingerprint density at radius 1 is 1.18 bits per heavy atom. The van der Waals surface area contributed by atoms with Crippen molar-refractivity contribution in [2.45, 2.75) is 26.2 Å². The topological polar surface area (TPSA) is 58.9 Å². The van der Waals surface area contributed by atoms with E-state index in [2.05, 4.69) is 0 Å². The summed E-state index contributed by atoms with van der Waals surface area (Å²) in [5.74, 6) is -1.60. The maximum absolute atomic E-state index is 9.41. The van der Waals surface area contributed by atoms with Crippen LogP contribution in [-0.4, -0.2) is 36.0 Å². The van der Waals surface area contributed by atoms with E-state index in [0.29, 0.717) is 13.2 Å². The molecule has 0 amide bonds. The van der Waals surface area contributed by atoms with Gasteiger partial charge in [0.2, 0.25) is 0 Å². The monoisotopic (exact) mass is 164 g/mol. The third-order valence-electron chi connectivity index (χ3n) is 1.17. The van der Waals surface area contributed by atoms with Crippen molar-refractivity contribution in [1.82, 2.24) is 0 Å². The van der Waals surface area contributed by atoms with E-state index in [1.807, 2.05) is 0 Å². The molecule has 0 spiro atoms. The molecule has 2 N–H and O–H groups in total. The molecule has 0 heterocycles. The Kier molecular flexibility index (Phi) is 5.41. The van der Waals surface area contributed by atoms with E-state index in [-0.39, 0.29) is 13.0 Å². The van der Waals surface area contributed by atoms with Crippen molar-refractivity contribution in [3.63, 3.8) is 0 Å². The van der Waals surface area contributed by atoms with Crippen molar-refractivity contribution < 1.29 is 19.7 Å². The number of hydrogen-bond donors (Lipinski definition) is 2. The predicted octanol–water partition coefficient (Wildman–Crippen LogP) is 0.0879. The Bertz CT molecular complexity index is 77.4. The second-order valence-electron chi connectivity index (χ2n) is 2.05. The van der Waals surface area contributed by atoms with Gasteiger partial charge in [0.1, 0.15) is 0 Å². The van der Waals surface area contributed by atoms with Crippen LogP contribution in [0.4, 0.5) is 0 Å². The molecule has 11 heavy (non-hydrogen) atoms. The van der Waals surface area contributed by atoms with E-state index >= 15 is 0 Å². The van der Waals surface area contributed by atoms with Gasteiger partial charge in [0.05, 0.1) is 13.0 Å². The van der Waals surface area contributed by atoms with Gasteiger partial charge in [-0.15, -0.1) is 0 Å². The molecule has 0 aromatic rings. The molecule has 68 valence electrons. The summed E-state index contributed by atoms with van der Waals surface area (Å²) in [5, 5.41) is 17.9. The van der Waals surface area contributed by atoms with Crippen LogP contribution in [-0.2, 0) is 9.47 Å². The van der Waals surface area contributed by atoms with Crippen LogP contribution in [0, 0.1) is 0 Å². The Labute approximate surface area is 66.7 Å². The highest BCUT2D eigenvalue weighted by Crippen LogP contribution is 2.12. The lowest BCUT2D eigenvalue weighted by atomic mass is 10.4. The Morgan fingerprint density at radius 3 is 1.91 bits per heavy atom. The molecule has 4 heteroatoms. The molecule has 0 aromatic heterocycles. The molecule has 0 bridgehead atoms. The standard InChI is InChI=1S/C7H16O4/c1-3-10-7(9,5-6-8)11-4-2/h8-9H,3-6H2,1-2H3. The van der Waals surface area contributed by atoms with E-state index in [9.17, 15) is 5.11 Å². The quantitative estimate of drug-likeness (QED) is 0.546. The zero-order chi connectivity index (χ0) is 8.74. The van der Waals surface area contributed by atoms with Crippen molar-refractivity contribution in [2.75, 3.05) is 19.8 Å². The summed E-state index contributed by atoms with van der Waals surface area (Å²) in [6, 6.07) is 0. The molecule has 0 rings (SSSR count). The van der Waals surface area contributed by atoms with Gasteiger partial charge in [0.25, 0.3) is 5.97 Å². The maximum atomic E-state index is 9.41. The van der Waals surface area contributed by atoms with Crippen molar-refractivity contribution in [1.29, 1.82) is 0 Å². The van der Waals surface area contributed by atoms with Crippen LogP contribution < -0.4 is 0 Å². The largest absolute Gasteiger partial charge is 0.396 e. The summed E-state index contributed by atoms with van der Waals surface area (Å²) in [4.78, 5) is 0. The van der Waals surface area contributed by atoms with Gasteiger partial charge in [0, 0.05) is 13.2 Å². The van der Waals surface area contributed by atoms with Crippen LogP contribution in [0.1, 0.15) is 20.3 Å². The Balaban J connectivity index is 3.79. The third-order valence-corrected chi connectivity index (χ3v) is 1.17. The van der Waals surface area contributed by atoms with Crippen LogP contribution >= 0.6 is 0 Å². The van der Waals surface area contributed by atoms with E-state index in [4.69, 9.17) is 14.6 Å². The predicted molar refractivity (Wildman–Crippen MR) is 39.9 cm³/mol. The normalized spacial score (nSPS) is 12.0. The molecule has 0 aliphatic carbocycles. The van der Waals surface area contributed by atoms with Crippen molar-refractivity contribution in [3.05, 3.63) is 0 Å². The number of aliphatic hydroxyl groups excluding tert-OH is 1. The van der Waals surface area contributed by atoms with Gasteiger partial charge in [0.15, 0.2) is 0 Å². The Morgan fingerprint density at radius 2 is 1.64 bits per heavy atom. The first-order valence-corrected chi connectivity index (χ1v) is 3.79. The first kappa shape index (κ1) is 10.8. The lowest BCUT2D eigenvalue weighted by Crippen LogP contribution is -2.36. The lowest BCUT2D eigenvalue weighted by molar-refractivity contribution is -0.362. The van der Waals surface area contributed by atoms with Crippen LogP contribution in [0.25, 0.3) is 0 Å². The van der Waals surface area contributed by atoms with Gasteiger partial charge in [-0.3, -0.25) is 0 Å². The molecule has 0 saturated carbocycles. The fourth-order valence-corrected chi connectivity index (χ4v) is 0.778. The van der Waals surface area contributed by atoms with Gasteiger partial charge >= 0.3 is 0 Å². The summed E-state index contributed by atoms with van der Waals surface area (Å²) in [5.41, 5.74) is 0. The zero-order valence-corrected chi connectivity index (χ0v) is 7.04. The molecule has 0 aliphatic heterocycles. The second kappa shape index (κ2) is 5.49. The highest BCUT2D eigenvalue weighted by molar-refractivity contribution is 4.52. The molecule has 0 radical (unpaired) electrons. The highest BCUT2D eigenvalue weighted by atomic mass is 16.8. The van der Waals surface area contributed by atoms with Gasteiger partial charge < -0.3 is 19.7 Å². The molecule has 4 nitrogen and oxygen atoms in total. The second-order valence-corrected chi connectivity index (χ2v) is 2.05. The van der Waals surface area contributed by atoms with Crippen LogP contribution in [0.15, 0.2) is 0 Å². The van der Waals surface area contributed by atoms with Crippen LogP contribution in [0.2, 0.25) is 0 Å². The number of ether oxygens (including phenoxy) is 2. The molecule has 0 unspecified atom stereocenters. The maximum Gasteiger partial charge on any atom is 0.282 e. The van der Waals surface area contributed by atoms with E-state index < -0.39 is 5.97 Å². The van der Waals surface area contributed by atoms with Crippen molar-refractivity contribution in [3.8, 4) is 0 Å². The molecule has 0 aromatic carbocycles. The average molecular weight is 164 g/mol. The van der Waals surface area contributed by atoms with E-state index in [1.54, 1.807) is 13.8 Å². The minimum Gasteiger partial charge on any atom is -0.396 e. The van der Waals surface area contributed by atoms with Gasteiger partial charge in [-0.25, -0.2) is 0 Å². The average Bonchev–Trinajstić information content (AvgIpc) is 1.88. The highest BCUT2D eigenvalue weighted by Gasteiger charge is 2.26. The first-order chi connectivity index (χ1) is 5.18. The third kappa shape index (κ3) is 4.31. The minimum atomic E-state index is -1.60. The summed E-state index contributed by atoms with van der Waals surface area (Å²) < 4.78 is 9.77. The minimum absolute atomic E-state index is 0.0781. The number of aliphatic hydroxyl groups is 2. The van der Waals surface area contributed by atoms with Crippen molar-refractivity contribution in [2.24, 2.45) is 0 Å². The summed E-state index contributed by atoms with van der Waals surface area (Å²) >= 11 is 0. The lowest BCUT2D eigenvalue weighted by Gasteiger charge is -2.25. The van der Waals surface area contributed by atoms with Gasteiger partial charge in [-0.05, 0) is 13.8 Å². The molecule has 0 atom stereocenters. The molecular weight excluding hydrogens is 148 g/mol. The Hall–Kier alpha value is -0.160. The van der Waals surface area contributed by atoms with Gasteiger partial charge in [-0.1, -0.05) is 0 Å². The van der Waals surface area contributed by atoms with Crippen LogP contribution in [0.3, 0.4) is 0 Å². The fourth-order valence-electron chi connectivity index (χ4n) is 0.778. The molecular formula is C7H16O4. The molecule has 0 fully saturated rings. The van der Waals surface area contributed by atoms with Crippen LogP contribution in [0.5, 0.6) is 0 Å². The van der Waals surface area contributed by atoms with E-state index in [0.717, 1.165) is 0 Å². The number of hydrogen-bond acceptors (Lipinski definition) is 4. The van der Waals surface area contributed by atoms with Crippen molar-refractivity contribution >= 4 is 0 Å². The SMILES string of the molecule is CCOC(O)(CCO)OCC. The fraction of sp³-hybridized carbons (Fsp3) is 1.00. The molecule has 0 saturated heterocycles. The van der Waals surface area contributed by atoms with Gasteiger partial charge in [-0.2, -0.15) is 0 Å². The summed E-state index contributed by atoms with van der Waals surface area (Å²) in [6.07, 6.45) is 0.0781. The zero-order valence-electron chi connectivity index (χ0n) is 7.04. The first-order valence-electron chi connectivity index (χ1n) is 3.79. The summed E-state index contributed by atoms with van der Waals surface area (Å²) in [7, 11) is 0. The molecule has 0 aliphatic rings. The number of rotatable bonds is 6. The summed E-state index contributed by atoms with van der Waals surface area (Å²) in [6.45, 7) is 4.06. The van der Waals surface area contributed by atoms with E-state index in [1.165, 1.54) is 0 Å².